The maximum Gasteiger partial charge on any atom is 0.137 e. The van der Waals surface area contributed by atoms with Gasteiger partial charge in [0.2, 0.25) is 0 Å². The summed E-state index contributed by atoms with van der Waals surface area (Å²) in [4.78, 5) is 0. The molecule has 0 fully saturated rings. The Morgan fingerprint density at radius 3 is 2.37 bits per heavy atom. The van der Waals surface area contributed by atoms with E-state index in [0.29, 0.717) is 10.0 Å². The average Bonchev–Trinajstić information content (AvgIpc) is 2.38. The summed E-state index contributed by atoms with van der Waals surface area (Å²) in [7, 11) is 1.75. The Morgan fingerprint density at radius 1 is 1.05 bits per heavy atom. The Kier molecular flexibility index (Phi) is 4.32. The second kappa shape index (κ2) is 5.80. The number of nitrogens with one attached hydrogen (secondary N) is 1. The molecule has 1 nitrogen and oxygen atoms in total. The molecular formula is C15H14BrF2N. The molecule has 0 aliphatic carbocycles. The second-order valence-corrected chi connectivity index (χ2v) is 5.27. The number of halogens is 3. The number of rotatable bonds is 3. The number of aryl methyl sites for hydroxylation is 1. The Bertz CT molecular complexity index is 599. The van der Waals surface area contributed by atoms with Crippen molar-refractivity contribution in [2.75, 3.05) is 7.05 Å². The van der Waals surface area contributed by atoms with E-state index in [1.165, 1.54) is 12.1 Å². The van der Waals surface area contributed by atoms with Crippen molar-refractivity contribution in [3.05, 3.63) is 69.2 Å². The van der Waals surface area contributed by atoms with Gasteiger partial charge in [0.1, 0.15) is 11.6 Å². The molecule has 0 saturated carbocycles. The van der Waals surface area contributed by atoms with Gasteiger partial charge in [0.15, 0.2) is 0 Å². The van der Waals surface area contributed by atoms with E-state index in [0.717, 1.165) is 11.1 Å². The number of hydrogen-bond donors (Lipinski definition) is 1. The highest BCUT2D eigenvalue weighted by Crippen LogP contribution is 2.28. The minimum atomic E-state index is -0.330. The van der Waals surface area contributed by atoms with Crippen LogP contribution < -0.4 is 5.32 Å². The molecule has 0 aliphatic heterocycles. The Hall–Kier alpha value is -1.26. The van der Waals surface area contributed by atoms with Gasteiger partial charge in [-0.3, -0.25) is 0 Å². The zero-order valence-corrected chi connectivity index (χ0v) is 12.3. The SMILES string of the molecule is CNC(c1ccc(F)c(Br)c1)c1cc(C)ccc1F. The zero-order valence-electron chi connectivity index (χ0n) is 10.7. The lowest BCUT2D eigenvalue weighted by molar-refractivity contribution is 0.573. The summed E-state index contributed by atoms with van der Waals surface area (Å²) < 4.78 is 27.6. The molecule has 0 aromatic heterocycles. The van der Waals surface area contributed by atoms with Crippen LogP contribution in [0.15, 0.2) is 40.9 Å². The first-order chi connectivity index (χ1) is 9.02. The van der Waals surface area contributed by atoms with Crippen LogP contribution in [0, 0.1) is 18.6 Å². The van der Waals surface area contributed by atoms with Gasteiger partial charge < -0.3 is 5.32 Å². The molecule has 1 N–H and O–H groups in total. The summed E-state index contributed by atoms with van der Waals surface area (Å²) >= 11 is 3.15. The third-order valence-corrected chi connectivity index (χ3v) is 3.64. The van der Waals surface area contributed by atoms with Crippen molar-refractivity contribution >= 4 is 15.9 Å². The predicted molar refractivity (Wildman–Crippen MR) is 76.1 cm³/mol. The highest BCUT2D eigenvalue weighted by atomic mass is 79.9. The minimum Gasteiger partial charge on any atom is -0.309 e. The van der Waals surface area contributed by atoms with Crippen molar-refractivity contribution < 1.29 is 8.78 Å². The van der Waals surface area contributed by atoms with E-state index >= 15 is 0 Å². The van der Waals surface area contributed by atoms with E-state index in [1.807, 2.05) is 6.92 Å². The summed E-state index contributed by atoms with van der Waals surface area (Å²) in [5.41, 5.74) is 2.35. The van der Waals surface area contributed by atoms with Gasteiger partial charge in [0.05, 0.1) is 10.5 Å². The van der Waals surface area contributed by atoms with Gasteiger partial charge in [-0.2, -0.15) is 0 Å². The molecule has 0 heterocycles. The van der Waals surface area contributed by atoms with E-state index < -0.39 is 0 Å². The fourth-order valence-electron chi connectivity index (χ4n) is 2.08. The molecule has 100 valence electrons. The van der Waals surface area contributed by atoms with Gasteiger partial charge in [0, 0.05) is 5.56 Å². The molecule has 0 saturated heterocycles. The fraction of sp³-hybridized carbons (Fsp3) is 0.200. The first kappa shape index (κ1) is 14.2. The first-order valence-electron chi connectivity index (χ1n) is 5.91. The van der Waals surface area contributed by atoms with Crippen molar-refractivity contribution in [2.45, 2.75) is 13.0 Å². The molecular weight excluding hydrogens is 312 g/mol. The second-order valence-electron chi connectivity index (χ2n) is 4.42. The largest absolute Gasteiger partial charge is 0.309 e. The molecule has 4 heteroatoms. The van der Waals surface area contributed by atoms with Crippen LogP contribution in [-0.4, -0.2) is 7.05 Å². The predicted octanol–water partition coefficient (Wildman–Crippen LogP) is 4.34. The summed E-state index contributed by atoms with van der Waals surface area (Å²) in [5.74, 6) is -0.603. The summed E-state index contributed by atoms with van der Waals surface area (Å²) in [5, 5.41) is 3.07. The van der Waals surface area contributed by atoms with Crippen LogP contribution >= 0.6 is 15.9 Å². The number of benzene rings is 2. The highest BCUT2D eigenvalue weighted by molar-refractivity contribution is 9.10. The topological polar surface area (TPSA) is 12.0 Å². The van der Waals surface area contributed by atoms with Crippen LogP contribution in [0.1, 0.15) is 22.7 Å². The lowest BCUT2D eigenvalue weighted by Crippen LogP contribution is -2.19. The van der Waals surface area contributed by atoms with Crippen LogP contribution in [0.3, 0.4) is 0 Å². The first-order valence-corrected chi connectivity index (χ1v) is 6.70. The minimum absolute atomic E-state index is 0.273. The maximum absolute atomic E-state index is 13.9. The van der Waals surface area contributed by atoms with Gasteiger partial charge in [-0.1, -0.05) is 23.8 Å². The molecule has 2 aromatic rings. The van der Waals surface area contributed by atoms with E-state index in [9.17, 15) is 8.78 Å². The Morgan fingerprint density at radius 2 is 1.74 bits per heavy atom. The lowest BCUT2D eigenvalue weighted by Gasteiger charge is -2.19. The third-order valence-electron chi connectivity index (χ3n) is 3.03. The van der Waals surface area contributed by atoms with Gasteiger partial charge in [0.25, 0.3) is 0 Å². The van der Waals surface area contributed by atoms with Crippen LogP contribution in [0.4, 0.5) is 8.78 Å². The fourth-order valence-corrected chi connectivity index (χ4v) is 2.47. The Balaban J connectivity index is 2.49. The van der Waals surface area contributed by atoms with Crippen LogP contribution in [0.2, 0.25) is 0 Å². The molecule has 0 radical (unpaired) electrons. The normalized spacial score (nSPS) is 12.5. The van der Waals surface area contributed by atoms with Gasteiger partial charge >= 0.3 is 0 Å². The van der Waals surface area contributed by atoms with E-state index in [2.05, 4.69) is 21.2 Å². The maximum atomic E-state index is 13.9. The molecule has 0 aliphatic rings. The van der Waals surface area contributed by atoms with Crippen molar-refractivity contribution in [1.82, 2.24) is 5.32 Å². The van der Waals surface area contributed by atoms with E-state index in [1.54, 1.807) is 31.3 Å². The molecule has 2 aromatic carbocycles. The highest BCUT2D eigenvalue weighted by Gasteiger charge is 2.17. The summed E-state index contributed by atoms with van der Waals surface area (Å²) in [6.07, 6.45) is 0. The molecule has 0 amide bonds. The Labute approximate surface area is 119 Å². The third kappa shape index (κ3) is 3.01. The zero-order chi connectivity index (χ0) is 14.0. The number of hydrogen-bond acceptors (Lipinski definition) is 1. The van der Waals surface area contributed by atoms with Gasteiger partial charge in [-0.15, -0.1) is 0 Å². The molecule has 0 spiro atoms. The molecule has 1 atom stereocenters. The van der Waals surface area contributed by atoms with Crippen molar-refractivity contribution in [2.24, 2.45) is 0 Å². The quantitative estimate of drug-likeness (QED) is 0.884. The smallest absolute Gasteiger partial charge is 0.137 e. The lowest BCUT2D eigenvalue weighted by atomic mass is 9.97. The van der Waals surface area contributed by atoms with Gasteiger partial charge in [-0.05, 0) is 53.7 Å². The monoisotopic (exact) mass is 325 g/mol. The molecule has 2 rings (SSSR count). The molecule has 19 heavy (non-hydrogen) atoms. The van der Waals surface area contributed by atoms with Crippen molar-refractivity contribution in [3.8, 4) is 0 Å². The average molecular weight is 326 g/mol. The van der Waals surface area contributed by atoms with Gasteiger partial charge in [-0.25, -0.2) is 8.78 Å². The molecule has 1 unspecified atom stereocenters. The summed E-state index contributed by atoms with van der Waals surface area (Å²) in [6.45, 7) is 1.91. The van der Waals surface area contributed by atoms with E-state index in [-0.39, 0.29) is 17.7 Å². The summed E-state index contributed by atoms with van der Waals surface area (Å²) in [6, 6.07) is 9.36. The van der Waals surface area contributed by atoms with Crippen LogP contribution in [-0.2, 0) is 0 Å². The van der Waals surface area contributed by atoms with Crippen molar-refractivity contribution in [3.63, 3.8) is 0 Å². The standard InChI is InChI=1S/C15H14BrF2N/c1-9-3-5-13(17)11(7-9)15(19-2)10-4-6-14(18)12(16)8-10/h3-8,15,19H,1-2H3. The van der Waals surface area contributed by atoms with Crippen LogP contribution in [0.5, 0.6) is 0 Å². The van der Waals surface area contributed by atoms with Crippen LogP contribution in [0.25, 0.3) is 0 Å². The molecule has 0 bridgehead atoms. The van der Waals surface area contributed by atoms with E-state index in [4.69, 9.17) is 0 Å². The van der Waals surface area contributed by atoms with Crippen molar-refractivity contribution in [1.29, 1.82) is 0 Å².